The van der Waals surface area contributed by atoms with Gasteiger partial charge >= 0.3 is 0 Å². The van der Waals surface area contributed by atoms with Crippen molar-refractivity contribution in [2.45, 2.75) is 33.0 Å². The third kappa shape index (κ3) is 2.97. The van der Waals surface area contributed by atoms with Gasteiger partial charge in [-0.3, -0.25) is 4.68 Å². The van der Waals surface area contributed by atoms with Crippen LogP contribution >= 0.6 is 0 Å². The Labute approximate surface area is 124 Å². The van der Waals surface area contributed by atoms with Crippen LogP contribution in [0.4, 0.5) is 0 Å². The minimum absolute atomic E-state index is 0.501. The van der Waals surface area contributed by atoms with Crippen molar-refractivity contribution in [2.24, 2.45) is 7.05 Å². The molecule has 21 heavy (non-hydrogen) atoms. The average molecular weight is 283 g/mol. The van der Waals surface area contributed by atoms with Gasteiger partial charge in [0.2, 0.25) is 0 Å². The topological polar surface area (TPSA) is 47.7 Å². The minimum atomic E-state index is 0.501. The Morgan fingerprint density at radius 1 is 1.24 bits per heavy atom. The maximum Gasteiger partial charge on any atom is 0.146 e. The summed E-state index contributed by atoms with van der Waals surface area (Å²) in [6.45, 7) is 5.97. The maximum atomic E-state index is 4.28. The fourth-order valence-corrected chi connectivity index (χ4v) is 2.44. The van der Waals surface area contributed by atoms with E-state index in [1.54, 1.807) is 6.33 Å². The van der Waals surface area contributed by atoms with E-state index in [9.17, 15) is 0 Å². The van der Waals surface area contributed by atoms with E-state index in [0.717, 1.165) is 18.9 Å². The fourth-order valence-electron chi connectivity index (χ4n) is 2.44. The van der Waals surface area contributed by atoms with E-state index in [0.29, 0.717) is 6.04 Å². The van der Waals surface area contributed by atoms with Gasteiger partial charge in [0.05, 0.1) is 6.54 Å². The molecular formula is C16H21N5. The number of hydrogen-bond donors (Lipinski definition) is 1. The Bertz CT molecular complexity index is 738. The highest BCUT2D eigenvalue weighted by atomic mass is 15.3. The van der Waals surface area contributed by atoms with Gasteiger partial charge in [0.1, 0.15) is 12.2 Å². The predicted octanol–water partition coefficient (Wildman–Crippen LogP) is 2.32. The Morgan fingerprint density at radius 3 is 2.81 bits per heavy atom. The number of rotatable bonds is 5. The molecule has 0 saturated carbocycles. The van der Waals surface area contributed by atoms with Gasteiger partial charge in [-0.1, -0.05) is 19.9 Å². The Morgan fingerprint density at radius 2 is 2.10 bits per heavy atom. The standard InChI is InChI=1S/C16H21N5/c1-12(2)17-9-13-4-5-15-14(8-13)6-7-21(15)10-16-18-11-19-20(16)3/h4-8,11-12,17H,9-10H2,1-3H3. The van der Waals surface area contributed by atoms with E-state index in [4.69, 9.17) is 0 Å². The summed E-state index contributed by atoms with van der Waals surface area (Å²) in [4.78, 5) is 4.28. The van der Waals surface area contributed by atoms with Crippen molar-refractivity contribution in [3.63, 3.8) is 0 Å². The van der Waals surface area contributed by atoms with Gasteiger partial charge in [0, 0.05) is 31.3 Å². The zero-order valence-corrected chi connectivity index (χ0v) is 12.7. The molecule has 0 aliphatic carbocycles. The van der Waals surface area contributed by atoms with E-state index < -0.39 is 0 Å². The van der Waals surface area contributed by atoms with Crippen molar-refractivity contribution in [1.82, 2.24) is 24.6 Å². The molecule has 0 radical (unpaired) electrons. The van der Waals surface area contributed by atoms with Gasteiger partial charge in [0.15, 0.2) is 0 Å². The number of aryl methyl sites for hydroxylation is 1. The van der Waals surface area contributed by atoms with Crippen LogP contribution in [0.5, 0.6) is 0 Å². The van der Waals surface area contributed by atoms with Gasteiger partial charge in [-0.2, -0.15) is 5.10 Å². The second-order valence-corrected chi connectivity index (χ2v) is 5.67. The van der Waals surface area contributed by atoms with Crippen LogP contribution in [-0.4, -0.2) is 25.4 Å². The Balaban J connectivity index is 1.84. The number of hydrogen-bond acceptors (Lipinski definition) is 3. The summed E-state index contributed by atoms with van der Waals surface area (Å²) in [5.74, 6) is 0.957. The molecule has 5 nitrogen and oxygen atoms in total. The first-order valence-corrected chi connectivity index (χ1v) is 7.27. The molecule has 0 amide bonds. The average Bonchev–Trinajstić information content (AvgIpc) is 3.04. The molecule has 0 unspecified atom stereocenters. The van der Waals surface area contributed by atoms with Crippen LogP contribution in [0.15, 0.2) is 36.8 Å². The third-order valence-corrected chi connectivity index (χ3v) is 3.67. The van der Waals surface area contributed by atoms with Crippen LogP contribution in [0.25, 0.3) is 10.9 Å². The summed E-state index contributed by atoms with van der Waals surface area (Å²) in [5.41, 5.74) is 2.54. The second kappa shape index (κ2) is 5.69. The van der Waals surface area contributed by atoms with Crippen LogP contribution in [0.2, 0.25) is 0 Å². The molecule has 3 rings (SSSR count). The van der Waals surface area contributed by atoms with Crippen LogP contribution in [0.1, 0.15) is 25.2 Å². The largest absolute Gasteiger partial charge is 0.340 e. The molecule has 0 spiro atoms. The highest BCUT2D eigenvalue weighted by Gasteiger charge is 2.06. The molecule has 0 aliphatic rings. The summed E-state index contributed by atoms with van der Waals surface area (Å²) >= 11 is 0. The van der Waals surface area contributed by atoms with Gasteiger partial charge in [0.25, 0.3) is 0 Å². The summed E-state index contributed by atoms with van der Waals surface area (Å²) in [6, 6.07) is 9.28. The van der Waals surface area contributed by atoms with Crippen molar-refractivity contribution < 1.29 is 0 Å². The number of nitrogens with one attached hydrogen (secondary N) is 1. The predicted molar refractivity (Wildman–Crippen MR) is 84.0 cm³/mol. The first kappa shape index (κ1) is 13.8. The normalized spacial score (nSPS) is 11.6. The number of aromatic nitrogens is 4. The zero-order chi connectivity index (χ0) is 14.8. The Kier molecular flexibility index (Phi) is 3.75. The zero-order valence-electron chi connectivity index (χ0n) is 12.7. The van der Waals surface area contributed by atoms with Gasteiger partial charge < -0.3 is 9.88 Å². The van der Waals surface area contributed by atoms with Crippen molar-refractivity contribution in [2.75, 3.05) is 0 Å². The lowest BCUT2D eigenvalue weighted by atomic mass is 10.1. The maximum absolute atomic E-state index is 4.28. The highest BCUT2D eigenvalue weighted by molar-refractivity contribution is 5.80. The molecule has 2 heterocycles. The summed E-state index contributed by atoms with van der Waals surface area (Å²) in [5, 5.41) is 8.83. The lowest BCUT2D eigenvalue weighted by Crippen LogP contribution is -2.21. The molecule has 110 valence electrons. The van der Waals surface area contributed by atoms with Crippen LogP contribution in [-0.2, 0) is 20.1 Å². The molecular weight excluding hydrogens is 262 g/mol. The molecule has 3 aromatic rings. The molecule has 0 atom stereocenters. The molecule has 0 saturated heterocycles. The molecule has 0 aliphatic heterocycles. The molecule has 2 aromatic heterocycles. The minimum Gasteiger partial charge on any atom is -0.340 e. The van der Waals surface area contributed by atoms with E-state index in [1.807, 2.05) is 11.7 Å². The van der Waals surface area contributed by atoms with Gasteiger partial charge in [-0.05, 0) is 29.1 Å². The van der Waals surface area contributed by atoms with E-state index >= 15 is 0 Å². The SMILES string of the molecule is CC(C)NCc1ccc2c(ccn2Cc2ncnn2C)c1. The summed E-state index contributed by atoms with van der Waals surface area (Å²) in [7, 11) is 1.92. The van der Waals surface area contributed by atoms with Crippen molar-refractivity contribution in [3.8, 4) is 0 Å². The lowest BCUT2D eigenvalue weighted by molar-refractivity contribution is 0.589. The van der Waals surface area contributed by atoms with Crippen molar-refractivity contribution >= 4 is 10.9 Å². The first-order chi connectivity index (χ1) is 10.1. The van der Waals surface area contributed by atoms with Crippen molar-refractivity contribution in [1.29, 1.82) is 0 Å². The number of benzene rings is 1. The number of nitrogens with zero attached hydrogens (tertiary/aromatic N) is 4. The smallest absolute Gasteiger partial charge is 0.146 e. The summed E-state index contributed by atoms with van der Waals surface area (Å²) < 4.78 is 4.02. The van der Waals surface area contributed by atoms with Gasteiger partial charge in [-0.15, -0.1) is 0 Å². The number of fused-ring (bicyclic) bond motifs is 1. The van der Waals surface area contributed by atoms with Crippen LogP contribution in [0.3, 0.4) is 0 Å². The van der Waals surface area contributed by atoms with Gasteiger partial charge in [-0.25, -0.2) is 4.98 Å². The Hall–Kier alpha value is -2.14. The molecule has 1 N–H and O–H groups in total. The van der Waals surface area contributed by atoms with Crippen LogP contribution in [0, 0.1) is 0 Å². The quantitative estimate of drug-likeness (QED) is 0.781. The highest BCUT2D eigenvalue weighted by Crippen LogP contribution is 2.18. The van der Waals surface area contributed by atoms with E-state index in [-0.39, 0.29) is 0 Å². The molecule has 0 bridgehead atoms. The van der Waals surface area contributed by atoms with E-state index in [1.165, 1.54) is 16.5 Å². The molecule has 0 fully saturated rings. The molecule has 1 aromatic carbocycles. The van der Waals surface area contributed by atoms with E-state index in [2.05, 4.69) is 64.3 Å². The monoisotopic (exact) mass is 283 g/mol. The second-order valence-electron chi connectivity index (χ2n) is 5.67. The fraction of sp³-hybridized carbons (Fsp3) is 0.375. The third-order valence-electron chi connectivity index (χ3n) is 3.67. The molecule has 5 heteroatoms. The first-order valence-electron chi connectivity index (χ1n) is 7.27. The summed E-state index contributed by atoms with van der Waals surface area (Å²) in [6.07, 6.45) is 3.70. The lowest BCUT2D eigenvalue weighted by Gasteiger charge is -2.09. The van der Waals surface area contributed by atoms with Crippen molar-refractivity contribution in [3.05, 3.63) is 48.2 Å². The van der Waals surface area contributed by atoms with Crippen LogP contribution < -0.4 is 5.32 Å².